The molecule has 0 radical (unpaired) electrons. The van der Waals surface area contributed by atoms with Crippen molar-refractivity contribution < 1.29 is 38.1 Å². The van der Waals surface area contributed by atoms with Crippen LogP contribution in [0, 0.1) is 0 Å². The van der Waals surface area contributed by atoms with Gasteiger partial charge in [0.1, 0.15) is 6.10 Å². The molecule has 2 saturated heterocycles. The highest BCUT2D eigenvalue weighted by molar-refractivity contribution is 5.91. The van der Waals surface area contributed by atoms with Gasteiger partial charge in [0.05, 0.1) is 23.3 Å². The number of benzene rings is 3. The number of esters is 3. The van der Waals surface area contributed by atoms with Crippen molar-refractivity contribution in [2.75, 3.05) is 6.61 Å². The minimum absolute atomic E-state index is 0.00726. The standard InChI is InChI=1S/C27H22O8/c28-24(17-10-4-1-5-11-17)32-20-16-31-27-23(34-26(30)19-14-8-3-9-15-19)22(21(20)35-27)33-25(29)18-12-6-2-7-13-18/h1-15,20-23,27H,16H2/t20?,21-,22+,23+,27+/m0/s1. The first-order valence-corrected chi connectivity index (χ1v) is 11.2. The van der Waals surface area contributed by atoms with Gasteiger partial charge in [-0.15, -0.1) is 0 Å². The summed E-state index contributed by atoms with van der Waals surface area (Å²) in [4.78, 5) is 38.3. The van der Waals surface area contributed by atoms with Crippen molar-refractivity contribution in [1.82, 2.24) is 0 Å². The molecule has 0 aromatic heterocycles. The molecular weight excluding hydrogens is 452 g/mol. The highest BCUT2D eigenvalue weighted by Crippen LogP contribution is 2.36. The van der Waals surface area contributed by atoms with Gasteiger partial charge in [0.25, 0.3) is 0 Å². The predicted molar refractivity (Wildman–Crippen MR) is 122 cm³/mol. The molecule has 0 aliphatic carbocycles. The first kappa shape index (κ1) is 22.8. The minimum atomic E-state index is -1.06. The lowest BCUT2D eigenvalue weighted by atomic mass is 10.1. The van der Waals surface area contributed by atoms with E-state index in [0.717, 1.165) is 0 Å². The third-order valence-corrected chi connectivity index (χ3v) is 5.77. The number of hydrogen-bond acceptors (Lipinski definition) is 8. The zero-order valence-corrected chi connectivity index (χ0v) is 18.5. The Labute approximate surface area is 201 Å². The fourth-order valence-corrected chi connectivity index (χ4v) is 4.04. The van der Waals surface area contributed by atoms with Crippen molar-refractivity contribution >= 4 is 17.9 Å². The van der Waals surface area contributed by atoms with Crippen LogP contribution in [0.3, 0.4) is 0 Å². The molecular formula is C27H22O8. The van der Waals surface area contributed by atoms with Crippen molar-refractivity contribution in [3.8, 4) is 0 Å². The molecule has 8 heteroatoms. The Bertz CT molecular complexity index is 1180. The summed E-state index contributed by atoms with van der Waals surface area (Å²) in [6, 6.07) is 25.3. The topological polar surface area (TPSA) is 97.4 Å². The molecule has 8 nitrogen and oxygen atoms in total. The summed E-state index contributed by atoms with van der Waals surface area (Å²) in [5.74, 6) is -1.81. The lowest BCUT2D eigenvalue weighted by Gasteiger charge is -2.29. The van der Waals surface area contributed by atoms with Crippen LogP contribution in [0.5, 0.6) is 0 Å². The van der Waals surface area contributed by atoms with Gasteiger partial charge >= 0.3 is 17.9 Å². The third-order valence-electron chi connectivity index (χ3n) is 5.77. The number of carbonyl (C=O) groups excluding carboxylic acids is 3. The Morgan fingerprint density at radius 2 is 1.03 bits per heavy atom. The van der Waals surface area contributed by atoms with Crippen molar-refractivity contribution in [2.24, 2.45) is 0 Å². The molecule has 5 atom stereocenters. The monoisotopic (exact) mass is 474 g/mol. The molecule has 178 valence electrons. The quantitative estimate of drug-likeness (QED) is 0.396. The van der Waals surface area contributed by atoms with Gasteiger partial charge < -0.3 is 23.7 Å². The summed E-state index contributed by atoms with van der Waals surface area (Å²) in [5, 5.41) is 0. The van der Waals surface area contributed by atoms with Gasteiger partial charge in [0, 0.05) is 0 Å². The Morgan fingerprint density at radius 3 is 1.51 bits per heavy atom. The second-order valence-corrected chi connectivity index (χ2v) is 8.08. The van der Waals surface area contributed by atoms with Crippen LogP contribution in [0.15, 0.2) is 91.0 Å². The van der Waals surface area contributed by atoms with Crippen LogP contribution < -0.4 is 0 Å². The first-order chi connectivity index (χ1) is 17.1. The summed E-state index contributed by atoms with van der Waals surface area (Å²) in [7, 11) is 0. The van der Waals surface area contributed by atoms with Crippen LogP contribution in [0.1, 0.15) is 31.1 Å². The van der Waals surface area contributed by atoms with Gasteiger partial charge in [-0.2, -0.15) is 0 Å². The molecule has 3 aromatic rings. The van der Waals surface area contributed by atoms with Crippen LogP contribution in [-0.2, 0) is 23.7 Å². The van der Waals surface area contributed by atoms with E-state index in [9.17, 15) is 14.4 Å². The average molecular weight is 474 g/mol. The number of carbonyl (C=O) groups is 3. The smallest absolute Gasteiger partial charge is 0.338 e. The van der Waals surface area contributed by atoms with Gasteiger partial charge in [0.2, 0.25) is 0 Å². The average Bonchev–Trinajstić information content (AvgIpc) is 3.18. The molecule has 0 spiro atoms. The van der Waals surface area contributed by atoms with Crippen LogP contribution >= 0.6 is 0 Å². The maximum atomic E-state index is 12.9. The van der Waals surface area contributed by atoms with E-state index in [1.54, 1.807) is 91.0 Å². The molecule has 0 N–H and O–H groups in total. The molecule has 0 saturated carbocycles. The van der Waals surface area contributed by atoms with Crippen LogP contribution in [0.2, 0.25) is 0 Å². The van der Waals surface area contributed by atoms with Crippen molar-refractivity contribution in [3.63, 3.8) is 0 Å². The lowest BCUT2D eigenvalue weighted by Crippen LogP contribution is -2.46. The van der Waals surface area contributed by atoms with Crippen molar-refractivity contribution in [2.45, 2.75) is 30.7 Å². The number of rotatable bonds is 6. The van der Waals surface area contributed by atoms with Gasteiger partial charge in [-0.3, -0.25) is 0 Å². The van der Waals surface area contributed by atoms with E-state index < -0.39 is 48.6 Å². The van der Waals surface area contributed by atoms with E-state index in [0.29, 0.717) is 16.7 Å². The van der Waals surface area contributed by atoms with Gasteiger partial charge in [-0.25, -0.2) is 14.4 Å². The fraction of sp³-hybridized carbons (Fsp3) is 0.222. The minimum Gasteiger partial charge on any atom is -0.453 e. The van der Waals surface area contributed by atoms with E-state index in [2.05, 4.69) is 0 Å². The SMILES string of the molecule is O=C(OC1CO[C@@H]2O[C@@H]1[C@@H](OC(=O)c1ccccc1)[C@H]2OC(=O)c1ccccc1)c1ccccc1. The number of hydrogen-bond donors (Lipinski definition) is 0. The number of ether oxygens (including phenoxy) is 5. The van der Waals surface area contributed by atoms with E-state index in [4.69, 9.17) is 23.7 Å². The van der Waals surface area contributed by atoms with E-state index in [1.165, 1.54) is 0 Å². The molecule has 2 aliphatic rings. The molecule has 5 rings (SSSR count). The Morgan fingerprint density at radius 1 is 0.600 bits per heavy atom. The molecule has 2 bridgehead atoms. The van der Waals surface area contributed by atoms with Gasteiger partial charge in [-0.05, 0) is 36.4 Å². The van der Waals surface area contributed by atoms with Gasteiger partial charge in [0.15, 0.2) is 24.6 Å². The normalized spacial score (nSPS) is 24.9. The summed E-state index contributed by atoms with van der Waals surface area (Å²) in [5.41, 5.74) is 1.01. The molecule has 2 heterocycles. The van der Waals surface area contributed by atoms with Crippen molar-refractivity contribution in [3.05, 3.63) is 108 Å². The Balaban J connectivity index is 1.38. The summed E-state index contributed by atoms with van der Waals surface area (Å²) in [6.45, 7) is -0.00726. The Kier molecular flexibility index (Phi) is 6.56. The highest BCUT2D eigenvalue weighted by Gasteiger charge is 2.57. The van der Waals surface area contributed by atoms with E-state index in [1.807, 2.05) is 0 Å². The molecule has 1 unspecified atom stereocenters. The number of fused-ring (bicyclic) bond motifs is 2. The second kappa shape index (κ2) is 10.1. The maximum Gasteiger partial charge on any atom is 0.338 e. The molecule has 3 aromatic carbocycles. The molecule has 35 heavy (non-hydrogen) atoms. The molecule has 2 fully saturated rings. The fourth-order valence-electron chi connectivity index (χ4n) is 4.04. The van der Waals surface area contributed by atoms with E-state index >= 15 is 0 Å². The second-order valence-electron chi connectivity index (χ2n) is 8.08. The summed E-state index contributed by atoms with van der Waals surface area (Å²) < 4.78 is 28.7. The molecule has 2 aliphatic heterocycles. The Hall–Kier alpha value is -4.01. The molecule has 0 amide bonds. The zero-order chi connectivity index (χ0) is 24.2. The van der Waals surface area contributed by atoms with Crippen LogP contribution in [-0.4, -0.2) is 55.2 Å². The highest BCUT2D eigenvalue weighted by atomic mass is 16.8. The van der Waals surface area contributed by atoms with Crippen LogP contribution in [0.25, 0.3) is 0 Å². The lowest BCUT2D eigenvalue weighted by molar-refractivity contribution is -0.233. The third kappa shape index (κ3) is 4.94. The van der Waals surface area contributed by atoms with Crippen molar-refractivity contribution in [1.29, 1.82) is 0 Å². The maximum absolute atomic E-state index is 12.9. The van der Waals surface area contributed by atoms with Gasteiger partial charge in [-0.1, -0.05) is 54.6 Å². The van der Waals surface area contributed by atoms with Crippen LogP contribution in [0.4, 0.5) is 0 Å². The van der Waals surface area contributed by atoms with E-state index in [-0.39, 0.29) is 6.61 Å². The summed E-state index contributed by atoms with van der Waals surface area (Å²) in [6.07, 6.45) is -4.86. The zero-order valence-electron chi connectivity index (χ0n) is 18.5. The largest absolute Gasteiger partial charge is 0.453 e. The first-order valence-electron chi connectivity index (χ1n) is 11.2. The summed E-state index contributed by atoms with van der Waals surface area (Å²) >= 11 is 0. The predicted octanol–water partition coefficient (Wildman–Crippen LogP) is 3.42.